The Labute approximate surface area is 80.0 Å². The zero-order chi connectivity index (χ0) is 10.9. The van der Waals surface area contributed by atoms with Crippen LogP contribution in [0, 0.1) is 17.5 Å². The van der Waals surface area contributed by atoms with Gasteiger partial charge in [0, 0.05) is 17.7 Å². The van der Waals surface area contributed by atoms with Crippen LogP contribution >= 0.6 is 0 Å². The number of hydrogen-bond donors (Lipinski definition) is 1. The topological polar surface area (TPSA) is 26.0 Å². The van der Waals surface area contributed by atoms with Crippen LogP contribution in [0.15, 0.2) is 24.3 Å². The Hall–Kier alpha value is -1.29. The summed E-state index contributed by atoms with van der Waals surface area (Å²) in [5.41, 5.74) is 5.55. The van der Waals surface area contributed by atoms with Crippen LogP contribution in [0.4, 0.5) is 13.2 Å². The van der Waals surface area contributed by atoms with Crippen LogP contribution in [0.5, 0.6) is 0 Å². The molecule has 76 valence electrons. The maximum absolute atomic E-state index is 13.1. The molecule has 0 fully saturated rings. The molecule has 0 aliphatic heterocycles. The van der Waals surface area contributed by atoms with Gasteiger partial charge < -0.3 is 5.73 Å². The first-order valence-corrected chi connectivity index (χ1v) is 3.99. The summed E-state index contributed by atoms with van der Waals surface area (Å²) in [5.74, 6) is -2.94. The predicted octanol–water partition coefficient (Wildman–Crippen LogP) is 2.68. The summed E-state index contributed by atoms with van der Waals surface area (Å²) in [6, 6.07) is 0.248. The van der Waals surface area contributed by atoms with Gasteiger partial charge in [-0.15, -0.1) is 0 Å². The average molecular weight is 201 g/mol. The van der Waals surface area contributed by atoms with Crippen LogP contribution < -0.4 is 5.73 Å². The molecule has 1 aromatic carbocycles. The number of hydrogen-bond acceptors (Lipinski definition) is 1. The minimum Gasteiger partial charge on any atom is -0.320 e. The predicted molar refractivity (Wildman–Crippen MR) is 48.1 cm³/mol. The molecule has 0 amide bonds. The Bertz CT molecular complexity index is 351. The Morgan fingerprint density at radius 1 is 1.29 bits per heavy atom. The molecule has 14 heavy (non-hydrogen) atoms. The van der Waals surface area contributed by atoms with Crippen LogP contribution in [0.25, 0.3) is 0 Å². The molecule has 0 aliphatic carbocycles. The Balaban J connectivity index is 3.27. The fraction of sp³-hybridized carbons (Fsp3) is 0.200. The molecule has 0 aliphatic rings. The van der Waals surface area contributed by atoms with Crippen molar-refractivity contribution in [3.8, 4) is 0 Å². The molecule has 0 saturated heterocycles. The van der Waals surface area contributed by atoms with Crippen LogP contribution in [0.3, 0.4) is 0 Å². The van der Waals surface area contributed by atoms with Crippen molar-refractivity contribution >= 4 is 0 Å². The fourth-order valence-corrected chi connectivity index (χ4v) is 1.10. The summed E-state index contributed by atoms with van der Waals surface area (Å²) in [5, 5.41) is 0. The first-order chi connectivity index (χ1) is 6.43. The number of benzene rings is 1. The summed E-state index contributed by atoms with van der Waals surface area (Å²) < 4.78 is 38.8. The van der Waals surface area contributed by atoms with Crippen molar-refractivity contribution in [2.45, 2.75) is 13.0 Å². The lowest BCUT2D eigenvalue weighted by molar-refractivity contribution is 0.514. The molecule has 2 N–H and O–H groups in total. The molecule has 4 heteroatoms. The van der Waals surface area contributed by atoms with E-state index in [-0.39, 0.29) is 5.56 Å². The van der Waals surface area contributed by atoms with E-state index in [1.165, 1.54) is 0 Å². The lowest BCUT2D eigenvalue weighted by Gasteiger charge is -2.13. The van der Waals surface area contributed by atoms with Crippen molar-refractivity contribution in [3.05, 3.63) is 47.3 Å². The van der Waals surface area contributed by atoms with Crippen molar-refractivity contribution in [1.82, 2.24) is 0 Å². The summed E-state index contributed by atoms with van der Waals surface area (Å²) in [6.45, 7) is 5.03. The highest BCUT2D eigenvalue weighted by atomic mass is 19.1. The van der Waals surface area contributed by atoms with Gasteiger partial charge in [0.25, 0.3) is 0 Å². The van der Waals surface area contributed by atoms with E-state index in [4.69, 9.17) is 5.73 Å². The maximum Gasteiger partial charge on any atom is 0.134 e. The fourth-order valence-electron chi connectivity index (χ4n) is 1.10. The third kappa shape index (κ3) is 1.96. The van der Waals surface area contributed by atoms with E-state index in [9.17, 15) is 13.2 Å². The Kier molecular flexibility index (Phi) is 2.96. The lowest BCUT2D eigenvalue weighted by Crippen LogP contribution is -2.15. The molecule has 0 aromatic heterocycles. The van der Waals surface area contributed by atoms with Crippen LogP contribution in [0.1, 0.15) is 18.5 Å². The van der Waals surface area contributed by atoms with Crippen LogP contribution in [0.2, 0.25) is 0 Å². The van der Waals surface area contributed by atoms with E-state index in [0.29, 0.717) is 17.7 Å². The molecule has 0 radical (unpaired) electrons. The molecular weight excluding hydrogens is 191 g/mol. The van der Waals surface area contributed by atoms with E-state index in [1.54, 1.807) is 6.92 Å². The van der Waals surface area contributed by atoms with Crippen molar-refractivity contribution < 1.29 is 13.2 Å². The van der Waals surface area contributed by atoms with Crippen molar-refractivity contribution in [2.75, 3.05) is 0 Å². The van der Waals surface area contributed by atoms with E-state index in [0.717, 1.165) is 0 Å². The zero-order valence-corrected chi connectivity index (χ0v) is 7.65. The molecule has 0 heterocycles. The van der Waals surface area contributed by atoms with Gasteiger partial charge in [0.2, 0.25) is 0 Å². The minimum absolute atomic E-state index is 0.348. The van der Waals surface area contributed by atoms with Gasteiger partial charge in [-0.05, 0) is 6.92 Å². The standard InChI is InChI=1S/C10H10F3N/c1-5(2)10(14)9-7(12)3-6(11)4-8(9)13/h3-4,10H,1,14H2,2H3. The third-order valence-electron chi connectivity index (χ3n) is 1.89. The highest BCUT2D eigenvalue weighted by molar-refractivity contribution is 5.29. The SMILES string of the molecule is C=C(C)C(N)c1c(F)cc(F)cc1F. The molecule has 1 atom stereocenters. The molecule has 0 bridgehead atoms. The van der Waals surface area contributed by atoms with Crippen molar-refractivity contribution in [3.63, 3.8) is 0 Å². The second-order valence-corrected chi connectivity index (χ2v) is 3.11. The van der Waals surface area contributed by atoms with Gasteiger partial charge >= 0.3 is 0 Å². The molecule has 1 aromatic rings. The van der Waals surface area contributed by atoms with E-state index < -0.39 is 23.5 Å². The number of nitrogens with two attached hydrogens (primary N) is 1. The molecule has 0 spiro atoms. The molecule has 1 rings (SSSR count). The van der Waals surface area contributed by atoms with Gasteiger partial charge in [-0.25, -0.2) is 13.2 Å². The molecule has 1 nitrogen and oxygen atoms in total. The summed E-state index contributed by atoms with van der Waals surface area (Å²) >= 11 is 0. The van der Waals surface area contributed by atoms with Gasteiger partial charge in [0.05, 0.1) is 6.04 Å². The van der Waals surface area contributed by atoms with Crippen molar-refractivity contribution in [2.24, 2.45) is 5.73 Å². The normalized spacial score (nSPS) is 12.6. The monoisotopic (exact) mass is 201 g/mol. The first kappa shape index (κ1) is 10.8. The highest BCUT2D eigenvalue weighted by Gasteiger charge is 2.18. The van der Waals surface area contributed by atoms with E-state index in [1.807, 2.05) is 0 Å². The largest absolute Gasteiger partial charge is 0.320 e. The number of halogens is 3. The Morgan fingerprint density at radius 3 is 2.07 bits per heavy atom. The van der Waals surface area contributed by atoms with Gasteiger partial charge in [-0.1, -0.05) is 12.2 Å². The van der Waals surface area contributed by atoms with Gasteiger partial charge in [-0.3, -0.25) is 0 Å². The van der Waals surface area contributed by atoms with Crippen molar-refractivity contribution in [1.29, 1.82) is 0 Å². The summed E-state index contributed by atoms with van der Waals surface area (Å²) in [7, 11) is 0. The van der Waals surface area contributed by atoms with Gasteiger partial charge in [0.1, 0.15) is 17.5 Å². The molecule has 0 saturated carbocycles. The minimum atomic E-state index is -0.988. The Morgan fingerprint density at radius 2 is 1.71 bits per heavy atom. The lowest BCUT2D eigenvalue weighted by atomic mass is 10.0. The smallest absolute Gasteiger partial charge is 0.134 e. The summed E-state index contributed by atoms with van der Waals surface area (Å²) in [4.78, 5) is 0. The van der Waals surface area contributed by atoms with Gasteiger partial charge in [-0.2, -0.15) is 0 Å². The molecule has 1 unspecified atom stereocenters. The van der Waals surface area contributed by atoms with E-state index >= 15 is 0 Å². The van der Waals surface area contributed by atoms with Gasteiger partial charge in [0.15, 0.2) is 0 Å². The second-order valence-electron chi connectivity index (χ2n) is 3.11. The first-order valence-electron chi connectivity index (χ1n) is 3.99. The molecular formula is C10H10F3N. The zero-order valence-electron chi connectivity index (χ0n) is 7.65. The highest BCUT2D eigenvalue weighted by Crippen LogP contribution is 2.24. The second kappa shape index (κ2) is 3.84. The average Bonchev–Trinajstić information content (AvgIpc) is 2.01. The summed E-state index contributed by atoms with van der Waals surface area (Å²) in [6.07, 6.45) is 0. The quantitative estimate of drug-likeness (QED) is 0.731. The van der Waals surface area contributed by atoms with E-state index in [2.05, 4.69) is 6.58 Å². The maximum atomic E-state index is 13.1. The third-order valence-corrected chi connectivity index (χ3v) is 1.89. The number of rotatable bonds is 2. The van der Waals surface area contributed by atoms with Crippen LogP contribution in [-0.2, 0) is 0 Å². The van der Waals surface area contributed by atoms with Crippen LogP contribution in [-0.4, -0.2) is 0 Å².